The molecule has 1 atom stereocenters. The van der Waals surface area contributed by atoms with Crippen molar-refractivity contribution in [1.82, 2.24) is 4.98 Å². The first-order valence-electron chi connectivity index (χ1n) is 6.99. The quantitative estimate of drug-likeness (QED) is 0.877. The Morgan fingerprint density at radius 1 is 1.05 bits per heavy atom. The minimum atomic E-state index is 0.203. The molecule has 1 aromatic heterocycles. The zero-order valence-corrected chi connectivity index (χ0v) is 12.6. The molecule has 0 fully saturated rings. The van der Waals surface area contributed by atoms with Gasteiger partial charge in [0.2, 0.25) is 0 Å². The maximum Gasteiger partial charge on any atom is 0.119 e. The van der Waals surface area contributed by atoms with Crippen molar-refractivity contribution in [3.05, 3.63) is 53.9 Å². The third-order valence-electron chi connectivity index (χ3n) is 3.01. The van der Waals surface area contributed by atoms with Gasteiger partial charge in [0.15, 0.2) is 0 Å². The third kappa shape index (κ3) is 3.98. The first-order valence-corrected chi connectivity index (χ1v) is 6.99. The minimum Gasteiger partial charge on any atom is -0.491 e. The van der Waals surface area contributed by atoms with E-state index in [0.717, 1.165) is 17.0 Å². The van der Waals surface area contributed by atoms with Gasteiger partial charge in [-0.2, -0.15) is 0 Å². The van der Waals surface area contributed by atoms with E-state index in [0.29, 0.717) is 0 Å². The van der Waals surface area contributed by atoms with Gasteiger partial charge in [-0.1, -0.05) is 12.1 Å². The molecule has 0 amide bonds. The van der Waals surface area contributed by atoms with Crippen LogP contribution in [-0.4, -0.2) is 11.1 Å². The Balaban J connectivity index is 2.03. The second-order valence-electron chi connectivity index (χ2n) is 5.35. The molecule has 3 nitrogen and oxygen atoms in total. The van der Waals surface area contributed by atoms with Crippen LogP contribution in [0.3, 0.4) is 0 Å². The molecular weight excluding hydrogens is 248 g/mol. The molecule has 106 valence electrons. The largest absolute Gasteiger partial charge is 0.491 e. The van der Waals surface area contributed by atoms with Crippen LogP contribution in [0.5, 0.6) is 5.75 Å². The standard InChI is InChI=1S/C17H22N2O/c1-12(2)20-17-7-5-15(6-8-17)14(4)19-16-9-13(3)10-18-11-16/h5-12,14,19H,1-4H3. The summed E-state index contributed by atoms with van der Waals surface area (Å²) < 4.78 is 5.65. The van der Waals surface area contributed by atoms with Crippen LogP contribution < -0.4 is 10.1 Å². The number of rotatable bonds is 5. The Labute approximate surface area is 121 Å². The number of nitrogens with one attached hydrogen (secondary N) is 1. The lowest BCUT2D eigenvalue weighted by molar-refractivity contribution is 0.242. The maximum atomic E-state index is 5.65. The van der Waals surface area contributed by atoms with Crippen molar-refractivity contribution in [2.45, 2.75) is 39.8 Å². The van der Waals surface area contributed by atoms with E-state index >= 15 is 0 Å². The van der Waals surface area contributed by atoms with Crippen LogP contribution in [0, 0.1) is 6.92 Å². The van der Waals surface area contributed by atoms with E-state index < -0.39 is 0 Å². The van der Waals surface area contributed by atoms with Crippen LogP contribution in [-0.2, 0) is 0 Å². The van der Waals surface area contributed by atoms with Crippen molar-refractivity contribution in [2.75, 3.05) is 5.32 Å². The second-order valence-corrected chi connectivity index (χ2v) is 5.35. The van der Waals surface area contributed by atoms with Crippen LogP contribution in [0.4, 0.5) is 5.69 Å². The molecule has 0 saturated heterocycles. The fourth-order valence-electron chi connectivity index (χ4n) is 2.07. The highest BCUT2D eigenvalue weighted by molar-refractivity contribution is 5.45. The van der Waals surface area contributed by atoms with Crippen LogP contribution in [0.2, 0.25) is 0 Å². The summed E-state index contributed by atoms with van der Waals surface area (Å²) in [4.78, 5) is 4.20. The average molecular weight is 270 g/mol. The molecule has 0 spiro atoms. The van der Waals surface area contributed by atoms with Gasteiger partial charge in [-0.05, 0) is 57.0 Å². The second kappa shape index (κ2) is 6.42. The number of ether oxygens (including phenoxy) is 1. The summed E-state index contributed by atoms with van der Waals surface area (Å²) in [6.45, 7) is 8.24. The van der Waals surface area contributed by atoms with Crippen molar-refractivity contribution in [1.29, 1.82) is 0 Å². The Morgan fingerprint density at radius 2 is 1.75 bits per heavy atom. The van der Waals surface area contributed by atoms with E-state index in [-0.39, 0.29) is 12.1 Å². The van der Waals surface area contributed by atoms with Crippen molar-refractivity contribution in [3.8, 4) is 5.75 Å². The fraction of sp³-hybridized carbons (Fsp3) is 0.353. The molecule has 20 heavy (non-hydrogen) atoms. The van der Waals surface area contributed by atoms with E-state index in [1.807, 2.05) is 45.3 Å². The Bertz CT molecular complexity index is 549. The number of anilines is 1. The fourth-order valence-corrected chi connectivity index (χ4v) is 2.07. The highest BCUT2D eigenvalue weighted by Crippen LogP contribution is 2.22. The molecule has 0 bridgehead atoms. The Kier molecular flexibility index (Phi) is 4.61. The maximum absolute atomic E-state index is 5.65. The number of benzene rings is 1. The summed E-state index contributed by atoms with van der Waals surface area (Å²) in [7, 11) is 0. The molecule has 1 unspecified atom stereocenters. The third-order valence-corrected chi connectivity index (χ3v) is 3.01. The van der Waals surface area contributed by atoms with Gasteiger partial charge in [0, 0.05) is 18.4 Å². The van der Waals surface area contributed by atoms with Crippen LogP contribution >= 0.6 is 0 Å². The van der Waals surface area contributed by atoms with Crippen LogP contribution in [0.25, 0.3) is 0 Å². The summed E-state index contributed by atoms with van der Waals surface area (Å²) >= 11 is 0. The predicted molar refractivity (Wildman–Crippen MR) is 83.2 cm³/mol. The summed E-state index contributed by atoms with van der Waals surface area (Å²) in [6, 6.07) is 10.5. The van der Waals surface area contributed by atoms with Gasteiger partial charge >= 0.3 is 0 Å². The van der Waals surface area contributed by atoms with E-state index in [1.54, 1.807) is 0 Å². The van der Waals surface area contributed by atoms with Crippen LogP contribution in [0.15, 0.2) is 42.7 Å². The predicted octanol–water partition coefficient (Wildman–Crippen LogP) is 4.35. The average Bonchev–Trinajstić information content (AvgIpc) is 2.38. The molecule has 0 radical (unpaired) electrons. The normalized spacial score (nSPS) is 12.2. The van der Waals surface area contributed by atoms with E-state index in [2.05, 4.69) is 35.4 Å². The number of aryl methyl sites for hydroxylation is 1. The van der Waals surface area contributed by atoms with Crippen molar-refractivity contribution >= 4 is 5.69 Å². The lowest BCUT2D eigenvalue weighted by Gasteiger charge is -2.17. The summed E-state index contributed by atoms with van der Waals surface area (Å²) in [5.41, 5.74) is 3.42. The van der Waals surface area contributed by atoms with Gasteiger partial charge in [0.1, 0.15) is 5.75 Å². The Hall–Kier alpha value is -2.03. The van der Waals surface area contributed by atoms with Gasteiger partial charge in [-0.3, -0.25) is 4.98 Å². The summed E-state index contributed by atoms with van der Waals surface area (Å²) in [5.74, 6) is 0.910. The van der Waals surface area contributed by atoms with Gasteiger partial charge < -0.3 is 10.1 Å². The lowest BCUT2D eigenvalue weighted by Crippen LogP contribution is -2.08. The first kappa shape index (κ1) is 14.4. The SMILES string of the molecule is Cc1cncc(NC(C)c2ccc(OC(C)C)cc2)c1. The van der Waals surface area contributed by atoms with E-state index in [9.17, 15) is 0 Å². The van der Waals surface area contributed by atoms with E-state index in [1.165, 1.54) is 5.56 Å². The molecule has 1 aromatic carbocycles. The number of pyridine rings is 1. The van der Waals surface area contributed by atoms with E-state index in [4.69, 9.17) is 4.74 Å². The summed E-state index contributed by atoms with van der Waals surface area (Å²) in [5, 5.41) is 3.46. The molecule has 2 rings (SSSR count). The van der Waals surface area contributed by atoms with Crippen molar-refractivity contribution < 1.29 is 4.74 Å². The number of aromatic nitrogens is 1. The molecule has 1 N–H and O–H groups in total. The number of nitrogens with zero attached hydrogens (tertiary/aromatic N) is 1. The molecule has 0 aliphatic heterocycles. The zero-order chi connectivity index (χ0) is 14.5. The summed E-state index contributed by atoms with van der Waals surface area (Å²) in [6.07, 6.45) is 3.91. The molecular formula is C17H22N2O. The lowest BCUT2D eigenvalue weighted by atomic mass is 10.1. The molecule has 1 heterocycles. The van der Waals surface area contributed by atoms with Gasteiger partial charge in [-0.25, -0.2) is 0 Å². The van der Waals surface area contributed by atoms with Gasteiger partial charge in [0.05, 0.1) is 11.8 Å². The molecule has 3 heteroatoms. The highest BCUT2D eigenvalue weighted by Gasteiger charge is 2.06. The Morgan fingerprint density at radius 3 is 2.35 bits per heavy atom. The van der Waals surface area contributed by atoms with Gasteiger partial charge in [-0.15, -0.1) is 0 Å². The first-order chi connectivity index (χ1) is 9.54. The minimum absolute atomic E-state index is 0.203. The zero-order valence-electron chi connectivity index (χ0n) is 12.6. The smallest absolute Gasteiger partial charge is 0.119 e. The van der Waals surface area contributed by atoms with Crippen molar-refractivity contribution in [3.63, 3.8) is 0 Å². The van der Waals surface area contributed by atoms with Gasteiger partial charge in [0.25, 0.3) is 0 Å². The monoisotopic (exact) mass is 270 g/mol. The molecule has 0 saturated carbocycles. The highest BCUT2D eigenvalue weighted by atomic mass is 16.5. The van der Waals surface area contributed by atoms with Crippen molar-refractivity contribution in [2.24, 2.45) is 0 Å². The molecule has 0 aliphatic carbocycles. The number of hydrogen-bond acceptors (Lipinski definition) is 3. The van der Waals surface area contributed by atoms with Crippen LogP contribution in [0.1, 0.15) is 37.9 Å². The number of hydrogen-bond donors (Lipinski definition) is 1. The molecule has 2 aromatic rings. The topological polar surface area (TPSA) is 34.2 Å². The molecule has 0 aliphatic rings.